The van der Waals surface area contributed by atoms with Gasteiger partial charge in [-0.3, -0.25) is 14.5 Å². The Hall–Kier alpha value is -1.20. The Labute approximate surface area is 115 Å². The van der Waals surface area contributed by atoms with Gasteiger partial charge in [-0.2, -0.15) is 0 Å². The van der Waals surface area contributed by atoms with E-state index in [2.05, 4.69) is 15.9 Å². The van der Waals surface area contributed by atoms with Crippen LogP contribution in [-0.2, 0) is 9.53 Å². The number of halogens is 1. The summed E-state index contributed by atoms with van der Waals surface area (Å²) in [6.45, 7) is 3.02. The van der Waals surface area contributed by atoms with E-state index in [9.17, 15) is 9.59 Å². The number of hydrogen-bond donors (Lipinski definition) is 0. The molecule has 1 rings (SSSR count). The summed E-state index contributed by atoms with van der Waals surface area (Å²) in [5, 5.41) is 0.736. The van der Waals surface area contributed by atoms with Crippen LogP contribution in [0, 0.1) is 6.92 Å². The molecule has 5 heteroatoms. The summed E-state index contributed by atoms with van der Waals surface area (Å²) < 4.78 is 5.23. The van der Waals surface area contributed by atoms with Gasteiger partial charge in [0.05, 0.1) is 19.8 Å². The predicted molar refractivity (Wildman–Crippen MR) is 72.9 cm³/mol. The molecule has 4 nitrogen and oxygen atoms in total. The van der Waals surface area contributed by atoms with Crippen LogP contribution in [0.1, 0.15) is 15.9 Å². The third-order valence-corrected chi connectivity index (χ3v) is 2.79. The first-order valence-electron chi connectivity index (χ1n) is 5.66. The molecule has 0 fully saturated rings. The molecular formula is C13H16BrNO3. The van der Waals surface area contributed by atoms with E-state index in [4.69, 9.17) is 4.74 Å². The zero-order chi connectivity index (χ0) is 13.4. The van der Waals surface area contributed by atoms with Crippen molar-refractivity contribution >= 4 is 28.2 Å². The summed E-state index contributed by atoms with van der Waals surface area (Å²) in [4.78, 5) is 24.2. The number of ether oxygens (including phenoxy) is 1. The predicted octanol–water partition coefficient (Wildman–Crippen LogP) is 2.01. The lowest BCUT2D eigenvalue weighted by Gasteiger charge is -2.16. The van der Waals surface area contributed by atoms with Gasteiger partial charge in [-0.05, 0) is 18.6 Å². The minimum atomic E-state index is -0.287. The highest BCUT2D eigenvalue weighted by atomic mass is 79.9. The number of imide groups is 1. The lowest BCUT2D eigenvalue weighted by Crippen LogP contribution is -2.33. The Kier molecular flexibility index (Phi) is 6.60. The van der Waals surface area contributed by atoms with Crippen molar-refractivity contribution in [1.82, 2.24) is 4.90 Å². The number of alkyl halides is 1. The van der Waals surface area contributed by atoms with Crippen molar-refractivity contribution in [2.24, 2.45) is 0 Å². The number of hydrogen-bond acceptors (Lipinski definition) is 3. The number of aryl methyl sites for hydroxylation is 1. The highest BCUT2D eigenvalue weighted by Gasteiger charge is 2.16. The van der Waals surface area contributed by atoms with Gasteiger partial charge in [0.2, 0.25) is 6.41 Å². The first kappa shape index (κ1) is 14.9. The molecule has 0 aliphatic heterocycles. The Morgan fingerprint density at radius 1 is 1.39 bits per heavy atom. The summed E-state index contributed by atoms with van der Waals surface area (Å²) in [5.74, 6) is -0.287. The van der Waals surface area contributed by atoms with E-state index in [0.29, 0.717) is 25.2 Å². The highest BCUT2D eigenvalue weighted by molar-refractivity contribution is 9.09. The number of amides is 2. The van der Waals surface area contributed by atoms with Gasteiger partial charge in [0.25, 0.3) is 5.91 Å². The maximum atomic E-state index is 12.1. The molecule has 98 valence electrons. The molecule has 0 heterocycles. The second kappa shape index (κ2) is 8.00. The van der Waals surface area contributed by atoms with Gasteiger partial charge in [-0.15, -0.1) is 0 Å². The first-order chi connectivity index (χ1) is 8.70. The molecule has 0 unspecified atom stereocenters. The maximum Gasteiger partial charge on any atom is 0.260 e. The fourth-order valence-electron chi connectivity index (χ4n) is 1.49. The molecule has 0 aliphatic rings. The van der Waals surface area contributed by atoms with Crippen LogP contribution in [0.2, 0.25) is 0 Å². The van der Waals surface area contributed by atoms with Crippen LogP contribution in [0.3, 0.4) is 0 Å². The first-order valence-corrected chi connectivity index (χ1v) is 6.78. The molecule has 0 aromatic heterocycles. The van der Waals surface area contributed by atoms with E-state index < -0.39 is 0 Å². The summed E-state index contributed by atoms with van der Waals surface area (Å²) in [7, 11) is 0. The molecule has 0 spiro atoms. The average Bonchev–Trinajstić information content (AvgIpc) is 2.39. The molecule has 0 saturated heterocycles. The standard InChI is InChI=1S/C13H16BrNO3/c1-11-4-2-3-5-12(11)13(17)15(10-16)7-9-18-8-6-14/h2-5,10H,6-9H2,1H3. The Morgan fingerprint density at radius 3 is 2.72 bits per heavy atom. The van der Waals surface area contributed by atoms with Gasteiger partial charge in [-0.25, -0.2) is 0 Å². The van der Waals surface area contributed by atoms with Crippen LogP contribution in [-0.4, -0.2) is 42.3 Å². The van der Waals surface area contributed by atoms with Crippen LogP contribution in [0.5, 0.6) is 0 Å². The van der Waals surface area contributed by atoms with Crippen molar-refractivity contribution in [3.63, 3.8) is 0 Å². The zero-order valence-electron chi connectivity index (χ0n) is 10.3. The fraction of sp³-hybridized carbons (Fsp3) is 0.385. The smallest absolute Gasteiger partial charge is 0.260 e. The summed E-state index contributed by atoms with van der Waals surface area (Å²) in [6.07, 6.45) is 0.548. The second-order valence-electron chi connectivity index (χ2n) is 3.72. The lowest BCUT2D eigenvalue weighted by atomic mass is 10.1. The van der Waals surface area contributed by atoms with Crippen LogP contribution < -0.4 is 0 Å². The van der Waals surface area contributed by atoms with Crippen molar-refractivity contribution in [1.29, 1.82) is 0 Å². The number of nitrogens with zero attached hydrogens (tertiary/aromatic N) is 1. The molecule has 0 radical (unpaired) electrons. The van der Waals surface area contributed by atoms with E-state index in [0.717, 1.165) is 15.8 Å². The van der Waals surface area contributed by atoms with Crippen molar-refractivity contribution in [3.05, 3.63) is 35.4 Å². The minimum absolute atomic E-state index is 0.268. The third-order valence-electron chi connectivity index (χ3n) is 2.46. The van der Waals surface area contributed by atoms with Gasteiger partial charge < -0.3 is 4.74 Å². The Morgan fingerprint density at radius 2 is 2.11 bits per heavy atom. The SMILES string of the molecule is Cc1ccccc1C(=O)N(C=O)CCOCCBr. The van der Waals surface area contributed by atoms with Gasteiger partial charge in [-0.1, -0.05) is 34.1 Å². The monoisotopic (exact) mass is 313 g/mol. The van der Waals surface area contributed by atoms with Crippen LogP contribution in [0.25, 0.3) is 0 Å². The Balaban J connectivity index is 2.62. The van der Waals surface area contributed by atoms with Gasteiger partial charge >= 0.3 is 0 Å². The van der Waals surface area contributed by atoms with Gasteiger partial charge in [0.15, 0.2) is 0 Å². The van der Waals surface area contributed by atoms with Crippen molar-refractivity contribution in [3.8, 4) is 0 Å². The number of benzene rings is 1. The van der Waals surface area contributed by atoms with E-state index in [-0.39, 0.29) is 12.5 Å². The molecule has 1 aromatic carbocycles. The third kappa shape index (κ3) is 4.23. The van der Waals surface area contributed by atoms with E-state index in [1.54, 1.807) is 12.1 Å². The summed E-state index contributed by atoms with van der Waals surface area (Å²) in [5.41, 5.74) is 1.40. The molecule has 2 amide bonds. The summed E-state index contributed by atoms with van der Waals surface area (Å²) in [6, 6.07) is 7.20. The number of rotatable bonds is 7. The molecule has 0 saturated carbocycles. The van der Waals surface area contributed by atoms with Crippen molar-refractivity contribution in [2.75, 3.05) is 25.1 Å². The normalized spacial score (nSPS) is 10.1. The molecule has 18 heavy (non-hydrogen) atoms. The van der Waals surface area contributed by atoms with Crippen LogP contribution in [0.4, 0.5) is 0 Å². The van der Waals surface area contributed by atoms with E-state index in [1.807, 2.05) is 19.1 Å². The zero-order valence-corrected chi connectivity index (χ0v) is 11.9. The van der Waals surface area contributed by atoms with E-state index >= 15 is 0 Å². The van der Waals surface area contributed by atoms with E-state index in [1.165, 1.54) is 0 Å². The lowest BCUT2D eigenvalue weighted by molar-refractivity contribution is -0.116. The van der Waals surface area contributed by atoms with Crippen LogP contribution in [0.15, 0.2) is 24.3 Å². The topological polar surface area (TPSA) is 46.6 Å². The molecular weight excluding hydrogens is 298 g/mol. The summed E-state index contributed by atoms with van der Waals surface area (Å²) >= 11 is 3.23. The maximum absolute atomic E-state index is 12.1. The minimum Gasteiger partial charge on any atom is -0.379 e. The van der Waals surface area contributed by atoms with Crippen molar-refractivity contribution in [2.45, 2.75) is 6.92 Å². The molecule has 0 N–H and O–H groups in total. The largest absolute Gasteiger partial charge is 0.379 e. The molecule has 1 aromatic rings. The van der Waals surface area contributed by atoms with Crippen molar-refractivity contribution < 1.29 is 14.3 Å². The molecule has 0 atom stereocenters. The van der Waals surface area contributed by atoms with Gasteiger partial charge in [0, 0.05) is 10.9 Å². The van der Waals surface area contributed by atoms with Gasteiger partial charge in [0.1, 0.15) is 0 Å². The second-order valence-corrected chi connectivity index (χ2v) is 4.51. The molecule has 0 aliphatic carbocycles. The average molecular weight is 314 g/mol. The number of carbonyl (C=O) groups is 2. The fourth-order valence-corrected chi connectivity index (χ4v) is 1.72. The van der Waals surface area contributed by atoms with Crippen LogP contribution >= 0.6 is 15.9 Å². The highest BCUT2D eigenvalue weighted by Crippen LogP contribution is 2.09. The quantitative estimate of drug-likeness (QED) is 0.439. The molecule has 0 bridgehead atoms. The number of carbonyl (C=O) groups excluding carboxylic acids is 2. The Bertz CT molecular complexity index is 409.